The monoisotopic (exact) mass is 536 g/mol. The van der Waals surface area contributed by atoms with Gasteiger partial charge in [0, 0.05) is 27.4 Å². The van der Waals surface area contributed by atoms with Gasteiger partial charge in [-0.05, 0) is 50.5 Å². The average Bonchev–Trinajstić information content (AvgIpc) is 3.33. The summed E-state index contributed by atoms with van der Waals surface area (Å²) in [4.78, 5) is 39.4. The van der Waals surface area contributed by atoms with Crippen LogP contribution in [0.25, 0.3) is 11.1 Å². The van der Waals surface area contributed by atoms with Crippen LogP contribution >= 0.6 is 23.1 Å². The molecule has 2 amide bonds. The van der Waals surface area contributed by atoms with Crippen molar-refractivity contribution in [3.8, 4) is 11.1 Å². The lowest BCUT2D eigenvalue weighted by Crippen LogP contribution is -2.24. The molecule has 1 saturated carbocycles. The van der Waals surface area contributed by atoms with Crippen LogP contribution in [0.15, 0.2) is 64.9 Å². The maximum absolute atomic E-state index is 13.1. The minimum atomic E-state index is -0.459. The predicted octanol–water partition coefficient (Wildman–Crippen LogP) is 7.23. The van der Waals surface area contributed by atoms with Crippen molar-refractivity contribution in [1.29, 1.82) is 0 Å². The minimum absolute atomic E-state index is 0.0750. The summed E-state index contributed by atoms with van der Waals surface area (Å²) in [5.41, 5.74) is 2.73. The van der Waals surface area contributed by atoms with E-state index in [1.807, 2.05) is 66.9 Å². The number of amides is 2. The molecule has 1 aliphatic rings. The van der Waals surface area contributed by atoms with Crippen LogP contribution in [0.5, 0.6) is 0 Å². The van der Waals surface area contributed by atoms with E-state index >= 15 is 0 Å². The molecule has 3 aromatic rings. The van der Waals surface area contributed by atoms with Crippen LogP contribution in [0, 0.1) is 5.92 Å². The van der Waals surface area contributed by atoms with Crippen LogP contribution in [-0.2, 0) is 14.3 Å². The van der Waals surface area contributed by atoms with E-state index in [9.17, 15) is 14.4 Å². The number of thioether (sulfide) groups is 1. The maximum Gasteiger partial charge on any atom is 0.341 e. The molecule has 6 nitrogen and oxygen atoms in total. The summed E-state index contributed by atoms with van der Waals surface area (Å²) >= 11 is 2.71. The highest BCUT2D eigenvalue weighted by Crippen LogP contribution is 2.37. The van der Waals surface area contributed by atoms with Crippen molar-refractivity contribution < 1.29 is 19.1 Å². The largest absolute Gasteiger partial charge is 0.462 e. The molecule has 0 saturated heterocycles. The number of carbonyl (C=O) groups is 3. The second-order valence-corrected chi connectivity index (χ2v) is 11.3. The Hall–Kier alpha value is -3.10. The van der Waals surface area contributed by atoms with E-state index in [0.29, 0.717) is 10.6 Å². The first-order chi connectivity index (χ1) is 18.0. The van der Waals surface area contributed by atoms with Crippen LogP contribution in [0.4, 0.5) is 10.7 Å². The zero-order chi connectivity index (χ0) is 26.2. The fourth-order valence-electron chi connectivity index (χ4n) is 4.41. The second-order valence-electron chi connectivity index (χ2n) is 9.04. The average molecular weight is 537 g/mol. The molecular weight excluding hydrogens is 504 g/mol. The predicted molar refractivity (Wildman–Crippen MR) is 151 cm³/mol. The van der Waals surface area contributed by atoms with Crippen LogP contribution in [0.3, 0.4) is 0 Å². The number of anilines is 2. The molecule has 1 atom stereocenters. The number of hydrogen-bond donors (Lipinski definition) is 2. The Balaban J connectivity index is 1.44. The first-order valence-electron chi connectivity index (χ1n) is 12.7. The lowest BCUT2D eigenvalue weighted by Gasteiger charge is -2.21. The maximum atomic E-state index is 13.1. The smallest absolute Gasteiger partial charge is 0.341 e. The van der Waals surface area contributed by atoms with Crippen molar-refractivity contribution in [3.05, 3.63) is 65.5 Å². The van der Waals surface area contributed by atoms with Gasteiger partial charge in [-0.25, -0.2) is 4.79 Å². The molecule has 0 radical (unpaired) electrons. The van der Waals surface area contributed by atoms with Gasteiger partial charge in [-0.3, -0.25) is 9.59 Å². The molecule has 8 heteroatoms. The van der Waals surface area contributed by atoms with E-state index in [2.05, 4.69) is 10.6 Å². The third-order valence-electron chi connectivity index (χ3n) is 6.35. The van der Waals surface area contributed by atoms with Gasteiger partial charge in [-0.15, -0.1) is 23.1 Å². The number of nitrogens with one attached hydrogen (secondary N) is 2. The molecule has 4 rings (SSSR count). The zero-order valence-electron chi connectivity index (χ0n) is 21.1. The number of benzene rings is 2. The van der Waals surface area contributed by atoms with E-state index in [1.54, 1.807) is 6.92 Å². The van der Waals surface area contributed by atoms with Crippen molar-refractivity contribution in [2.75, 3.05) is 17.2 Å². The quantitative estimate of drug-likeness (QED) is 0.223. The number of rotatable bonds is 9. The van der Waals surface area contributed by atoms with E-state index in [1.165, 1.54) is 29.5 Å². The third-order valence-corrected chi connectivity index (χ3v) is 8.34. The van der Waals surface area contributed by atoms with Crippen molar-refractivity contribution in [1.82, 2.24) is 0 Å². The van der Waals surface area contributed by atoms with E-state index < -0.39 is 11.2 Å². The van der Waals surface area contributed by atoms with E-state index in [4.69, 9.17) is 4.74 Å². The minimum Gasteiger partial charge on any atom is -0.462 e. The summed E-state index contributed by atoms with van der Waals surface area (Å²) in [6.45, 7) is 3.83. The molecule has 2 aromatic carbocycles. The first-order valence-corrected chi connectivity index (χ1v) is 14.4. The summed E-state index contributed by atoms with van der Waals surface area (Å²) in [5.74, 6) is -0.519. The Kier molecular flexibility index (Phi) is 9.41. The molecule has 1 aromatic heterocycles. The Bertz CT molecular complexity index is 1240. The number of hydrogen-bond acceptors (Lipinski definition) is 6. The van der Waals surface area contributed by atoms with Gasteiger partial charge in [-0.1, -0.05) is 55.7 Å². The van der Waals surface area contributed by atoms with E-state index in [0.717, 1.165) is 47.4 Å². The zero-order valence-corrected chi connectivity index (χ0v) is 22.8. The molecule has 37 heavy (non-hydrogen) atoms. The van der Waals surface area contributed by atoms with Crippen LogP contribution in [0.1, 0.15) is 56.3 Å². The standard InChI is InChI=1S/C29H32N2O4S2/c1-3-35-29(34)25-24(20-11-6-4-7-12-20)18-36-28(25)31-26(32)19(2)37-23-16-10-15-22(17-23)30-27(33)21-13-8-5-9-14-21/h4,6-7,10-12,15-19,21H,3,5,8-9,13-14H2,1-2H3,(H,30,33)(H,31,32). The van der Waals surface area contributed by atoms with Crippen molar-refractivity contribution in [2.45, 2.75) is 56.1 Å². The molecular formula is C29H32N2O4S2. The van der Waals surface area contributed by atoms with Gasteiger partial charge in [0.2, 0.25) is 11.8 Å². The first kappa shape index (κ1) is 26.9. The van der Waals surface area contributed by atoms with Gasteiger partial charge < -0.3 is 15.4 Å². The highest BCUT2D eigenvalue weighted by Gasteiger charge is 2.25. The van der Waals surface area contributed by atoms with Crippen LogP contribution in [-0.4, -0.2) is 29.6 Å². The SMILES string of the molecule is CCOC(=O)c1c(-c2ccccc2)csc1NC(=O)C(C)Sc1cccc(NC(=O)C2CCCCC2)c1. The van der Waals surface area contributed by atoms with Gasteiger partial charge >= 0.3 is 5.97 Å². The van der Waals surface area contributed by atoms with Crippen LogP contribution < -0.4 is 10.6 Å². The summed E-state index contributed by atoms with van der Waals surface area (Å²) < 4.78 is 5.29. The Labute approximate surface area is 226 Å². The summed E-state index contributed by atoms with van der Waals surface area (Å²) in [6, 6.07) is 17.2. The second kappa shape index (κ2) is 12.9. The van der Waals surface area contributed by atoms with Gasteiger partial charge in [0.1, 0.15) is 10.6 Å². The number of ether oxygens (including phenoxy) is 1. The molecule has 1 unspecified atom stereocenters. The molecule has 194 valence electrons. The van der Waals surface area contributed by atoms with Gasteiger partial charge in [0.05, 0.1) is 11.9 Å². The molecule has 0 spiro atoms. The lowest BCUT2D eigenvalue weighted by atomic mass is 9.88. The van der Waals surface area contributed by atoms with Gasteiger partial charge in [-0.2, -0.15) is 0 Å². The Morgan fingerprint density at radius 3 is 2.51 bits per heavy atom. The van der Waals surface area contributed by atoms with Crippen molar-refractivity contribution in [2.24, 2.45) is 5.92 Å². The fraction of sp³-hybridized carbons (Fsp3) is 0.345. The molecule has 0 aliphatic heterocycles. The summed E-state index contributed by atoms with van der Waals surface area (Å²) in [6.07, 6.45) is 5.31. The Morgan fingerprint density at radius 1 is 1.03 bits per heavy atom. The lowest BCUT2D eigenvalue weighted by molar-refractivity contribution is -0.120. The summed E-state index contributed by atoms with van der Waals surface area (Å²) in [5, 5.41) is 7.89. The summed E-state index contributed by atoms with van der Waals surface area (Å²) in [7, 11) is 0. The highest BCUT2D eigenvalue weighted by atomic mass is 32.2. The molecule has 1 aliphatic carbocycles. The highest BCUT2D eigenvalue weighted by molar-refractivity contribution is 8.00. The normalized spacial score (nSPS) is 14.5. The van der Waals surface area contributed by atoms with Gasteiger partial charge in [0.25, 0.3) is 0 Å². The fourth-order valence-corrected chi connectivity index (χ4v) is 6.30. The molecule has 1 heterocycles. The van der Waals surface area contributed by atoms with Crippen molar-refractivity contribution in [3.63, 3.8) is 0 Å². The van der Waals surface area contributed by atoms with Crippen LogP contribution in [0.2, 0.25) is 0 Å². The topological polar surface area (TPSA) is 84.5 Å². The van der Waals surface area contributed by atoms with Gasteiger partial charge in [0.15, 0.2) is 0 Å². The number of thiophene rings is 1. The third kappa shape index (κ3) is 7.02. The van der Waals surface area contributed by atoms with Crippen molar-refractivity contribution >= 4 is 51.6 Å². The molecule has 1 fully saturated rings. The van der Waals surface area contributed by atoms with E-state index in [-0.39, 0.29) is 24.3 Å². The number of carbonyl (C=O) groups excluding carboxylic acids is 3. The Morgan fingerprint density at radius 2 is 1.78 bits per heavy atom. The molecule has 0 bridgehead atoms. The number of esters is 1. The molecule has 2 N–H and O–H groups in total.